The average molecular weight is 459 g/mol. The molecule has 4 nitrogen and oxygen atoms in total. The third-order valence-corrected chi connectivity index (χ3v) is 5.06. The highest BCUT2D eigenvalue weighted by Gasteiger charge is 2.57. The maximum Gasteiger partial charge on any atom is 0.469 e. The minimum absolute atomic E-state index is 0.221. The van der Waals surface area contributed by atoms with E-state index in [1.807, 2.05) is 5.48 Å². The number of alkyl halides is 3. The summed E-state index contributed by atoms with van der Waals surface area (Å²) in [6, 6.07) is 1.78. The van der Waals surface area contributed by atoms with Crippen LogP contribution in [0.1, 0.15) is 12.5 Å². The van der Waals surface area contributed by atoms with Gasteiger partial charge in [0.05, 0.1) is 17.6 Å². The number of quaternary nitrogens is 1. The summed E-state index contributed by atoms with van der Waals surface area (Å²) in [5.74, 6) is 0.310. The van der Waals surface area contributed by atoms with Crippen molar-refractivity contribution in [3.8, 4) is 18.1 Å². The number of amides is 1. The molecule has 0 saturated carbocycles. The molecule has 1 atom stereocenters. The van der Waals surface area contributed by atoms with E-state index in [0.717, 1.165) is 26.1 Å². The van der Waals surface area contributed by atoms with E-state index >= 15 is 0 Å². The Balaban J connectivity index is 2.74. The molecule has 1 amide bonds. The molecule has 1 unspecified atom stereocenters. The molecule has 1 aliphatic rings. The molecule has 1 aromatic carbocycles. The van der Waals surface area contributed by atoms with Crippen molar-refractivity contribution < 1.29 is 31.7 Å². The second-order valence-electron chi connectivity index (χ2n) is 5.90. The number of nitrogens with one attached hydrogen (secondary N) is 1. The van der Waals surface area contributed by atoms with Gasteiger partial charge in [-0.3, -0.25) is 4.79 Å². The van der Waals surface area contributed by atoms with Crippen LogP contribution in [0.5, 0.6) is 5.75 Å². The SMILES string of the molecule is C#CC[N+]1(C)C(Cl)=C(c2cc(ONC(C)=O)c(Cl)cc2F)C(Cl)=C1C(F)(F)F. The zero-order valence-corrected chi connectivity index (χ0v) is 16.6. The first-order valence-electron chi connectivity index (χ1n) is 7.44. The molecule has 0 aromatic heterocycles. The van der Waals surface area contributed by atoms with Crippen molar-refractivity contribution in [3.63, 3.8) is 0 Å². The molecule has 0 saturated heterocycles. The molecule has 1 aliphatic heterocycles. The Bertz CT molecular complexity index is 951. The van der Waals surface area contributed by atoms with Gasteiger partial charge in [0.1, 0.15) is 10.8 Å². The summed E-state index contributed by atoms with van der Waals surface area (Å²) < 4.78 is 54.4. The van der Waals surface area contributed by atoms with Crippen LogP contribution in [0, 0.1) is 18.2 Å². The van der Waals surface area contributed by atoms with Crippen LogP contribution in [0.25, 0.3) is 5.57 Å². The Labute approximate surface area is 172 Å². The van der Waals surface area contributed by atoms with Gasteiger partial charge in [0.2, 0.25) is 16.8 Å². The summed E-state index contributed by atoms with van der Waals surface area (Å²) >= 11 is 18.0. The molecule has 28 heavy (non-hydrogen) atoms. The summed E-state index contributed by atoms with van der Waals surface area (Å²) in [5, 5.41) is -1.47. The summed E-state index contributed by atoms with van der Waals surface area (Å²) in [6.45, 7) is 0.671. The Morgan fingerprint density at radius 1 is 1.32 bits per heavy atom. The normalized spacial score (nSPS) is 19.7. The first-order chi connectivity index (χ1) is 12.8. The van der Waals surface area contributed by atoms with Crippen LogP contribution >= 0.6 is 34.8 Å². The Morgan fingerprint density at radius 3 is 2.43 bits per heavy atom. The van der Waals surface area contributed by atoms with Gasteiger partial charge in [0.25, 0.3) is 0 Å². The minimum Gasteiger partial charge on any atom is -0.378 e. The number of hydrogen-bond acceptors (Lipinski definition) is 2. The molecular weight excluding hydrogens is 447 g/mol. The number of carbonyl (C=O) groups is 1. The fourth-order valence-electron chi connectivity index (χ4n) is 2.66. The van der Waals surface area contributed by atoms with Crippen molar-refractivity contribution in [3.05, 3.63) is 44.4 Å². The van der Waals surface area contributed by atoms with E-state index in [-0.39, 0.29) is 10.8 Å². The second kappa shape index (κ2) is 7.84. The van der Waals surface area contributed by atoms with Crippen molar-refractivity contribution in [1.29, 1.82) is 0 Å². The van der Waals surface area contributed by atoms with E-state index in [1.54, 1.807) is 0 Å². The topological polar surface area (TPSA) is 38.3 Å². The number of benzene rings is 1. The lowest BCUT2D eigenvalue weighted by Gasteiger charge is -2.30. The van der Waals surface area contributed by atoms with Crippen LogP contribution in [0.3, 0.4) is 0 Å². The summed E-state index contributed by atoms with van der Waals surface area (Å²) in [4.78, 5) is 15.9. The highest BCUT2D eigenvalue weighted by Crippen LogP contribution is 2.53. The Kier molecular flexibility index (Phi) is 6.26. The van der Waals surface area contributed by atoms with Gasteiger partial charge >= 0.3 is 6.18 Å². The number of hydrogen-bond donors (Lipinski definition) is 1. The van der Waals surface area contributed by atoms with E-state index in [2.05, 4.69) is 5.92 Å². The number of carbonyl (C=O) groups excluding carboxylic acids is 1. The van der Waals surface area contributed by atoms with Gasteiger partial charge < -0.3 is 4.84 Å². The van der Waals surface area contributed by atoms with E-state index in [9.17, 15) is 22.4 Å². The molecule has 0 fully saturated rings. The lowest BCUT2D eigenvalue weighted by atomic mass is 10.1. The van der Waals surface area contributed by atoms with Crippen molar-refractivity contribution in [2.45, 2.75) is 13.1 Å². The van der Waals surface area contributed by atoms with Gasteiger partial charge in [0.15, 0.2) is 12.3 Å². The molecular formula is C17H12Cl3F4N2O2+. The Hall–Kier alpha value is -1.92. The van der Waals surface area contributed by atoms with Gasteiger partial charge in [-0.25, -0.2) is 8.87 Å². The predicted molar refractivity (Wildman–Crippen MR) is 97.4 cm³/mol. The summed E-state index contributed by atoms with van der Waals surface area (Å²) in [7, 11) is 1.11. The largest absolute Gasteiger partial charge is 0.469 e. The number of nitrogens with zero attached hydrogens (tertiary/aromatic N) is 1. The van der Waals surface area contributed by atoms with E-state index < -0.39 is 56.0 Å². The first-order valence-corrected chi connectivity index (χ1v) is 8.58. The predicted octanol–water partition coefficient (Wildman–Crippen LogP) is 4.92. The number of allylic oxidation sites excluding steroid dienone is 3. The molecule has 0 bridgehead atoms. The third-order valence-electron chi connectivity index (χ3n) is 3.83. The first kappa shape index (κ1) is 22.4. The van der Waals surface area contributed by atoms with Gasteiger partial charge in [-0.1, -0.05) is 23.2 Å². The van der Waals surface area contributed by atoms with Gasteiger partial charge in [0, 0.05) is 12.5 Å². The van der Waals surface area contributed by atoms with Gasteiger partial charge in [-0.15, -0.1) is 6.42 Å². The smallest absolute Gasteiger partial charge is 0.378 e. The van der Waals surface area contributed by atoms with Crippen molar-refractivity contribution >= 4 is 46.3 Å². The van der Waals surface area contributed by atoms with Gasteiger partial charge in [-0.2, -0.15) is 18.7 Å². The molecule has 1 aromatic rings. The Morgan fingerprint density at radius 2 is 1.93 bits per heavy atom. The van der Waals surface area contributed by atoms with Crippen LogP contribution in [-0.2, 0) is 4.79 Å². The van der Waals surface area contributed by atoms with Crippen molar-refractivity contribution in [2.24, 2.45) is 0 Å². The molecule has 0 radical (unpaired) electrons. The van der Waals surface area contributed by atoms with Crippen molar-refractivity contribution in [1.82, 2.24) is 5.48 Å². The second-order valence-corrected chi connectivity index (χ2v) is 7.05. The number of rotatable bonds is 4. The van der Waals surface area contributed by atoms with Crippen LogP contribution in [0.4, 0.5) is 17.6 Å². The monoisotopic (exact) mass is 457 g/mol. The lowest BCUT2D eigenvalue weighted by molar-refractivity contribution is -0.826. The average Bonchev–Trinajstić information content (AvgIpc) is 2.73. The van der Waals surface area contributed by atoms with Gasteiger partial charge in [-0.05, 0) is 29.7 Å². The maximum absolute atomic E-state index is 14.6. The van der Waals surface area contributed by atoms with E-state index in [4.69, 9.17) is 46.1 Å². The highest BCUT2D eigenvalue weighted by atomic mass is 35.5. The van der Waals surface area contributed by atoms with E-state index in [0.29, 0.717) is 0 Å². The van der Waals surface area contributed by atoms with Crippen molar-refractivity contribution in [2.75, 3.05) is 13.6 Å². The van der Waals surface area contributed by atoms with E-state index in [1.165, 1.54) is 0 Å². The molecule has 11 heteroatoms. The molecule has 1 N–H and O–H groups in total. The third kappa shape index (κ3) is 3.94. The molecule has 0 aliphatic carbocycles. The molecule has 1 heterocycles. The fourth-order valence-corrected chi connectivity index (χ4v) is 3.72. The summed E-state index contributed by atoms with van der Waals surface area (Å²) in [6.07, 6.45) is 0.315. The quantitative estimate of drug-likeness (QED) is 0.229. The standard InChI is InChI=1S/C17H11Cl3F4N2O2/c1-4-5-26(3)15(17(22,23)24)14(19)13(16(26)20)9-6-12(28-25-8(2)27)10(18)7-11(9)21/h1,6-7H,5H2,2-3H3/p+1. The number of hydroxylamine groups is 1. The highest BCUT2D eigenvalue weighted by molar-refractivity contribution is 6.42. The molecule has 2 rings (SSSR count). The lowest BCUT2D eigenvalue weighted by Crippen LogP contribution is -2.44. The zero-order chi connectivity index (χ0) is 21.4. The fraction of sp³-hybridized carbons (Fsp3) is 0.235. The minimum atomic E-state index is -4.89. The van der Waals surface area contributed by atoms with Crippen LogP contribution in [0.15, 0.2) is 28.0 Å². The van der Waals surface area contributed by atoms with Crippen LogP contribution < -0.4 is 10.3 Å². The molecule has 150 valence electrons. The zero-order valence-electron chi connectivity index (χ0n) is 14.3. The maximum atomic E-state index is 14.6. The van der Waals surface area contributed by atoms with Crippen LogP contribution in [0.2, 0.25) is 5.02 Å². The number of terminal acetylenes is 1. The molecule has 0 spiro atoms. The summed E-state index contributed by atoms with van der Waals surface area (Å²) in [5.41, 5.74) is -0.0587. The number of halogens is 7. The van der Waals surface area contributed by atoms with Crippen LogP contribution in [-0.4, -0.2) is 30.2 Å².